The Labute approximate surface area is 96.0 Å². The Kier molecular flexibility index (Phi) is 4.93. The summed E-state index contributed by atoms with van der Waals surface area (Å²) in [7, 11) is 0. The molecule has 0 aromatic heterocycles. The van der Waals surface area contributed by atoms with Crippen LogP contribution in [0.2, 0.25) is 0 Å². The first-order valence-electron chi connectivity index (χ1n) is 5.85. The molecule has 0 spiro atoms. The van der Waals surface area contributed by atoms with Gasteiger partial charge in [-0.2, -0.15) is 0 Å². The van der Waals surface area contributed by atoms with Crippen molar-refractivity contribution in [2.45, 2.75) is 45.6 Å². The Hall–Kier alpha value is -0.900. The number of ketones is 1. The SMILES string of the molecule is CC(C)CO[C@H]1C(=O)CCC[C@H]1CC(=O)[O-]. The van der Waals surface area contributed by atoms with Crippen molar-refractivity contribution in [2.75, 3.05) is 6.61 Å². The monoisotopic (exact) mass is 227 g/mol. The molecule has 1 fully saturated rings. The van der Waals surface area contributed by atoms with Gasteiger partial charge in [0.05, 0.1) is 0 Å². The van der Waals surface area contributed by atoms with E-state index in [0.717, 1.165) is 12.8 Å². The van der Waals surface area contributed by atoms with Gasteiger partial charge in [0, 0.05) is 19.0 Å². The molecule has 16 heavy (non-hydrogen) atoms. The van der Waals surface area contributed by atoms with Crippen molar-refractivity contribution < 1.29 is 19.4 Å². The Balaban J connectivity index is 2.56. The normalized spacial score (nSPS) is 26.1. The molecule has 1 aliphatic carbocycles. The fourth-order valence-electron chi connectivity index (χ4n) is 2.04. The molecule has 1 aliphatic rings. The Morgan fingerprint density at radius 2 is 2.25 bits per heavy atom. The molecular formula is C12H19O4-. The van der Waals surface area contributed by atoms with Crippen LogP contribution in [0.4, 0.5) is 0 Å². The van der Waals surface area contributed by atoms with Crippen LogP contribution in [0.5, 0.6) is 0 Å². The van der Waals surface area contributed by atoms with E-state index in [-0.39, 0.29) is 18.1 Å². The first kappa shape index (κ1) is 13.2. The van der Waals surface area contributed by atoms with Crippen molar-refractivity contribution in [3.8, 4) is 0 Å². The van der Waals surface area contributed by atoms with Gasteiger partial charge < -0.3 is 14.6 Å². The molecule has 0 bridgehead atoms. The van der Waals surface area contributed by atoms with Gasteiger partial charge >= 0.3 is 0 Å². The van der Waals surface area contributed by atoms with Crippen LogP contribution in [-0.2, 0) is 14.3 Å². The third kappa shape index (κ3) is 3.93. The predicted molar refractivity (Wildman–Crippen MR) is 56.6 cm³/mol. The zero-order chi connectivity index (χ0) is 12.1. The average molecular weight is 227 g/mol. The highest BCUT2D eigenvalue weighted by molar-refractivity contribution is 5.84. The number of ether oxygens (including phenoxy) is 1. The van der Waals surface area contributed by atoms with Crippen LogP contribution in [0.15, 0.2) is 0 Å². The second kappa shape index (κ2) is 5.99. The zero-order valence-electron chi connectivity index (χ0n) is 9.90. The number of carbonyl (C=O) groups is 2. The molecule has 0 unspecified atom stereocenters. The summed E-state index contributed by atoms with van der Waals surface area (Å²) in [5.74, 6) is -0.917. The van der Waals surface area contributed by atoms with Gasteiger partial charge in [-0.15, -0.1) is 0 Å². The van der Waals surface area contributed by atoms with E-state index in [4.69, 9.17) is 4.74 Å². The van der Waals surface area contributed by atoms with E-state index >= 15 is 0 Å². The van der Waals surface area contributed by atoms with Crippen LogP contribution in [-0.4, -0.2) is 24.5 Å². The molecule has 2 atom stereocenters. The van der Waals surface area contributed by atoms with Gasteiger partial charge in [0.1, 0.15) is 6.10 Å². The summed E-state index contributed by atoms with van der Waals surface area (Å²) in [6.45, 7) is 4.50. The molecule has 4 nitrogen and oxygen atoms in total. The summed E-state index contributed by atoms with van der Waals surface area (Å²) in [4.78, 5) is 22.2. The molecule has 0 heterocycles. The summed E-state index contributed by atoms with van der Waals surface area (Å²) < 4.78 is 5.53. The fourth-order valence-corrected chi connectivity index (χ4v) is 2.04. The maximum atomic E-state index is 11.7. The van der Waals surface area contributed by atoms with Crippen molar-refractivity contribution >= 4 is 11.8 Å². The number of rotatable bonds is 5. The van der Waals surface area contributed by atoms with Gasteiger partial charge in [-0.25, -0.2) is 0 Å². The largest absolute Gasteiger partial charge is 0.550 e. The van der Waals surface area contributed by atoms with Crippen molar-refractivity contribution in [3.63, 3.8) is 0 Å². The summed E-state index contributed by atoms with van der Waals surface area (Å²) in [5, 5.41) is 10.6. The van der Waals surface area contributed by atoms with E-state index in [1.54, 1.807) is 0 Å². The fraction of sp³-hybridized carbons (Fsp3) is 0.833. The number of carboxylic acids is 1. The van der Waals surface area contributed by atoms with Gasteiger partial charge in [0.15, 0.2) is 5.78 Å². The van der Waals surface area contributed by atoms with Crippen LogP contribution >= 0.6 is 0 Å². The summed E-state index contributed by atoms with van der Waals surface area (Å²) in [6, 6.07) is 0. The third-order valence-electron chi connectivity index (χ3n) is 2.78. The Bertz CT molecular complexity index is 260. The van der Waals surface area contributed by atoms with Crippen molar-refractivity contribution in [3.05, 3.63) is 0 Å². The number of carboxylic acid groups (broad SMARTS) is 1. The van der Waals surface area contributed by atoms with E-state index in [1.165, 1.54) is 0 Å². The number of carbonyl (C=O) groups excluding carboxylic acids is 2. The standard InChI is InChI=1S/C12H20O4/c1-8(2)7-16-12-9(6-11(14)15)4-3-5-10(12)13/h8-9,12H,3-7H2,1-2H3,(H,14,15)/p-1/t9-,12+/m0/s1. The molecule has 0 saturated heterocycles. The quantitative estimate of drug-likeness (QED) is 0.687. The Morgan fingerprint density at radius 3 is 2.81 bits per heavy atom. The molecule has 0 aliphatic heterocycles. The van der Waals surface area contributed by atoms with Crippen LogP contribution in [0.3, 0.4) is 0 Å². The highest BCUT2D eigenvalue weighted by Gasteiger charge is 2.32. The van der Waals surface area contributed by atoms with E-state index < -0.39 is 12.1 Å². The highest BCUT2D eigenvalue weighted by Crippen LogP contribution is 2.27. The molecule has 0 aromatic carbocycles. The lowest BCUT2D eigenvalue weighted by atomic mass is 9.83. The molecule has 0 radical (unpaired) electrons. The maximum absolute atomic E-state index is 11.7. The van der Waals surface area contributed by atoms with E-state index in [0.29, 0.717) is 18.9 Å². The minimum Gasteiger partial charge on any atom is -0.550 e. The molecule has 4 heteroatoms. The number of hydrogen-bond acceptors (Lipinski definition) is 4. The van der Waals surface area contributed by atoms with Gasteiger partial charge in [0.2, 0.25) is 0 Å². The van der Waals surface area contributed by atoms with E-state index in [9.17, 15) is 14.7 Å². The predicted octanol–water partition coefficient (Wildman–Crippen LogP) is 0.537. The third-order valence-corrected chi connectivity index (χ3v) is 2.78. The second-order valence-electron chi connectivity index (χ2n) is 4.84. The summed E-state index contributed by atoms with van der Waals surface area (Å²) >= 11 is 0. The molecule has 92 valence electrons. The van der Waals surface area contributed by atoms with Crippen LogP contribution < -0.4 is 5.11 Å². The van der Waals surface area contributed by atoms with Gasteiger partial charge in [-0.1, -0.05) is 13.8 Å². The number of Topliss-reactive ketones (excluding diaryl/α,β-unsaturated/α-hetero) is 1. The van der Waals surface area contributed by atoms with E-state index in [1.807, 2.05) is 13.8 Å². The molecule has 0 N–H and O–H groups in total. The number of aliphatic carboxylic acids is 1. The highest BCUT2D eigenvalue weighted by atomic mass is 16.5. The van der Waals surface area contributed by atoms with Crippen molar-refractivity contribution in [1.29, 1.82) is 0 Å². The maximum Gasteiger partial charge on any atom is 0.161 e. The number of hydrogen-bond donors (Lipinski definition) is 0. The van der Waals surface area contributed by atoms with Crippen molar-refractivity contribution in [1.82, 2.24) is 0 Å². The molecule has 0 aromatic rings. The average Bonchev–Trinajstić information content (AvgIpc) is 2.15. The molecular weight excluding hydrogens is 208 g/mol. The lowest BCUT2D eigenvalue weighted by Gasteiger charge is -2.31. The lowest BCUT2D eigenvalue weighted by Crippen LogP contribution is -2.40. The summed E-state index contributed by atoms with van der Waals surface area (Å²) in [6.07, 6.45) is 1.40. The van der Waals surface area contributed by atoms with Crippen LogP contribution in [0, 0.1) is 11.8 Å². The lowest BCUT2D eigenvalue weighted by molar-refractivity contribution is -0.307. The minimum absolute atomic E-state index is 0.0400. The smallest absolute Gasteiger partial charge is 0.161 e. The van der Waals surface area contributed by atoms with Crippen LogP contribution in [0.25, 0.3) is 0 Å². The zero-order valence-corrected chi connectivity index (χ0v) is 9.90. The van der Waals surface area contributed by atoms with Gasteiger partial charge in [-0.05, 0) is 31.1 Å². The Morgan fingerprint density at radius 1 is 1.56 bits per heavy atom. The van der Waals surface area contributed by atoms with Gasteiger partial charge in [0.25, 0.3) is 0 Å². The first-order chi connectivity index (χ1) is 7.50. The van der Waals surface area contributed by atoms with Gasteiger partial charge in [-0.3, -0.25) is 4.79 Å². The van der Waals surface area contributed by atoms with E-state index in [2.05, 4.69) is 0 Å². The van der Waals surface area contributed by atoms with Crippen LogP contribution in [0.1, 0.15) is 39.5 Å². The topological polar surface area (TPSA) is 66.4 Å². The van der Waals surface area contributed by atoms with Crippen molar-refractivity contribution in [2.24, 2.45) is 11.8 Å². The molecule has 0 amide bonds. The molecule has 1 saturated carbocycles. The molecule has 1 rings (SSSR count). The first-order valence-corrected chi connectivity index (χ1v) is 5.85. The minimum atomic E-state index is -1.10. The summed E-state index contributed by atoms with van der Waals surface area (Å²) in [5.41, 5.74) is 0. The second-order valence-corrected chi connectivity index (χ2v) is 4.84.